The van der Waals surface area contributed by atoms with Gasteiger partial charge in [0.05, 0.1) is 5.92 Å². The predicted octanol–water partition coefficient (Wildman–Crippen LogP) is 5.27. The van der Waals surface area contributed by atoms with Gasteiger partial charge in [0.2, 0.25) is 5.91 Å². The maximum atomic E-state index is 13.1. The first-order valence-electron chi connectivity index (χ1n) is 10.2. The van der Waals surface area contributed by atoms with E-state index in [-0.39, 0.29) is 17.9 Å². The summed E-state index contributed by atoms with van der Waals surface area (Å²) in [6.45, 7) is 2.20. The lowest BCUT2D eigenvalue weighted by molar-refractivity contribution is -0.123. The molecule has 2 aromatic carbocycles. The fourth-order valence-corrected chi connectivity index (χ4v) is 4.89. The van der Waals surface area contributed by atoms with Crippen molar-refractivity contribution in [3.63, 3.8) is 0 Å². The molecule has 2 nitrogen and oxygen atoms in total. The van der Waals surface area contributed by atoms with Crippen LogP contribution in [0.4, 0.5) is 0 Å². The summed E-state index contributed by atoms with van der Waals surface area (Å²) in [6.07, 6.45) is 6.50. The van der Waals surface area contributed by atoms with E-state index >= 15 is 0 Å². The van der Waals surface area contributed by atoms with Crippen molar-refractivity contribution in [2.75, 3.05) is 0 Å². The number of nitrogens with one attached hydrogen (secondary N) is 1. The van der Waals surface area contributed by atoms with Crippen molar-refractivity contribution in [3.8, 4) is 0 Å². The van der Waals surface area contributed by atoms with Crippen molar-refractivity contribution >= 4 is 5.91 Å². The second-order valence-corrected chi connectivity index (χ2v) is 8.09. The standard InChI is InChI=1S/C24H29NO/c1-17(18-11-5-2-6-12-18)25-24(26)23-21(19-13-7-3-8-14-19)22(23)20-15-9-4-10-16-20/h3-4,7-10,13-18,21-23H,2,5-6,11-12H2,1H3,(H,25,26)/t17-,21+,22+/m1/s1. The Bertz CT molecular complexity index is 675. The zero-order chi connectivity index (χ0) is 17.9. The summed E-state index contributed by atoms with van der Waals surface area (Å²) in [5, 5.41) is 3.37. The van der Waals surface area contributed by atoms with Crippen LogP contribution in [0.25, 0.3) is 0 Å². The summed E-state index contributed by atoms with van der Waals surface area (Å²) in [7, 11) is 0. The van der Waals surface area contributed by atoms with Gasteiger partial charge < -0.3 is 5.32 Å². The van der Waals surface area contributed by atoms with Gasteiger partial charge in [0, 0.05) is 17.9 Å². The molecule has 0 heterocycles. The largest absolute Gasteiger partial charge is 0.353 e. The van der Waals surface area contributed by atoms with Crippen molar-refractivity contribution in [1.29, 1.82) is 0 Å². The number of amides is 1. The summed E-state index contributed by atoms with van der Waals surface area (Å²) >= 11 is 0. The molecule has 3 atom stereocenters. The Morgan fingerprint density at radius 2 is 1.35 bits per heavy atom. The molecule has 0 bridgehead atoms. The van der Waals surface area contributed by atoms with Gasteiger partial charge in [-0.3, -0.25) is 4.79 Å². The minimum atomic E-state index is 0.0610. The Balaban J connectivity index is 1.50. The van der Waals surface area contributed by atoms with Gasteiger partial charge in [-0.25, -0.2) is 0 Å². The minimum absolute atomic E-state index is 0.0610. The number of rotatable bonds is 5. The number of carbonyl (C=O) groups excluding carboxylic acids is 1. The first-order valence-corrected chi connectivity index (χ1v) is 10.2. The Morgan fingerprint density at radius 3 is 1.85 bits per heavy atom. The van der Waals surface area contributed by atoms with Gasteiger partial charge in [0.1, 0.15) is 0 Å². The molecule has 4 rings (SSSR count). The molecule has 0 saturated heterocycles. The summed E-state index contributed by atoms with van der Waals surface area (Å²) < 4.78 is 0. The van der Waals surface area contributed by atoms with Gasteiger partial charge in [-0.05, 0) is 36.8 Å². The van der Waals surface area contributed by atoms with E-state index in [2.05, 4.69) is 60.8 Å². The topological polar surface area (TPSA) is 29.1 Å². The average molecular weight is 348 g/mol. The van der Waals surface area contributed by atoms with Crippen LogP contribution in [0.15, 0.2) is 60.7 Å². The molecule has 1 amide bonds. The molecule has 0 spiro atoms. The van der Waals surface area contributed by atoms with E-state index < -0.39 is 0 Å². The summed E-state index contributed by atoms with van der Waals surface area (Å²) in [5.41, 5.74) is 2.57. The number of hydrogen-bond donors (Lipinski definition) is 1. The Morgan fingerprint density at radius 1 is 0.846 bits per heavy atom. The maximum Gasteiger partial charge on any atom is 0.224 e. The Labute approximate surface area is 157 Å². The average Bonchev–Trinajstić information content (AvgIpc) is 3.46. The molecule has 2 aliphatic rings. The van der Waals surface area contributed by atoms with Gasteiger partial charge >= 0.3 is 0 Å². The molecular weight excluding hydrogens is 318 g/mol. The lowest BCUT2D eigenvalue weighted by atomic mass is 9.84. The van der Waals surface area contributed by atoms with Crippen LogP contribution < -0.4 is 5.32 Å². The molecule has 2 heteroatoms. The van der Waals surface area contributed by atoms with Crippen molar-refractivity contribution in [2.24, 2.45) is 11.8 Å². The fraction of sp³-hybridized carbons (Fsp3) is 0.458. The SMILES string of the molecule is C[C@@H](NC(=O)C1[C@@H](c2ccccc2)[C@@H]1c1ccccc1)C1CCCCC1. The van der Waals surface area contributed by atoms with Gasteiger partial charge in [0.25, 0.3) is 0 Å². The highest BCUT2D eigenvalue weighted by molar-refractivity contribution is 5.85. The van der Waals surface area contributed by atoms with Crippen molar-refractivity contribution in [3.05, 3.63) is 71.8 Å². The molecule has 0 radical (unpaired) electrons. The third-order valence-corrected chi connectivity index (χ3v) is 6.42. The highest BCUT2D eigenvalue weighted by Gasteiger charge is 2.56. The molecule has 2 saturated carbocycles. The normalized spacial score (nSPS) is 26.9. The van der Waals surface area contributed by atoms with Crippen LogP contribution in [0.1, 0.15) is 62.0 Å². The second kappa shape index (κ2) is 7.65. The molecule has 26 heavy (non-hydrogen) atoms. The first kappa shape index (κ1) is 17.3. The molecule has 136 valence electrons. The minimum Gasteiger partial charge on any atom is -0.353 e. The smallest absolute Gasteiger partial charge is 0.224 e. The summed E-state index contributed by atoms with van der Waals surface area (Å²) in [4.78, 5) is 13.1. The molecule has 0 unspecified atom stereocenters. The van der Waals surface area contributed by atoms with Crippen LogP contribution in [0.5, 0.6) is 0 Å². The van der Waals surface area contributed by atoms with Crippen LogP contribution in [-0.2, 0) is 4.79 Å². The maximum absolute atomic E-state index is 13.1. The van der Waals surface area contributed by atoms with Crippen LogP contribution in [0, 0.1) is 11.8 Å². The lowest BCUT2D eigenvalue weighted by Crippen LogP contribution is -2.40. The van der Waals surface area contributed by atoms with E-state index in [9.17, 15) is 4.79 Å². The predicted molar refractivity (Wildman–Crippen MR) is 106 cm³/mol. The molecular formula is C24H29NO. The van der Waals surface area contributed by atoms with Crippen LogP contribution in [-0.4, -0.2) is 11.9 Å². The van der Waals surface area contributed by atoms with E-state index in [1.54, 1.807) is 0 Å². The van der Waals surface area contributed by atoms with Gasteiger partial charge in [-0.1, -0.05) is 79.9 Å². The monoisotopic (exact) mass is 347 g/mol. The highest BCUT2D eigenvalue weighted by atomic mass is 16.2. The van der Waals surface area contributed by atoms with E-state index in [0.29, 0.717) is 17.8 Å². The van der Waals surface area contributed by atoms with E-state index in [0.717, 1.165) is 0 Å². The third-order valence-electron chi connectivity index (χ3n) is 6.42. The molecule has 0 aromatic heterocycles. The summed E-state index contributed by atoms with van der Waals surface area (Å²) in [6, 6.07) is 21.4. The van der Waals surface area contributed by atoms with Crippen molar-refractivity contribution < 1.29 is 4.79 Å². The fourth-order valence-electron chi connectivity index (χ4n) is 4.89. The van der Waals surface area contributed by atoms with Crippen LogP contribution in [0.2, 0.25) is 0 Å². The van der Waals surface area contributed by atoms with Gasteiger partial charge in [-0.2, -0.15) is 0 Å². The third kappa shape index (κ3) is 3.56. The van der Waals surface area contributed by atoms with Gasteiger partial charge in [-0.15, -0.1) is 0 Å². The number of hydrogen-bond acceptors (Lipinski definition) is 1. The molecule has 2 fully saturated rings. The Kier molecular flexibility index (Phi) is 5.10. The number of benzene rings is 2. The molecule has 1 N–H and O–H groups in total. The van der Waals surface area contributed by atoms with Crippen molar-refractivity contribution in [1.82, 2.24) is 5.32 Å². The molecule has 2 aromatic rings. The van der Waals surface area contributed by atoms with Gasteiger partial charge in [0.15, 0.2) is 0 Å². The quantitative estimate of drug-likeness (QED) is 0.784. The first-order chi connectivity index (χ1) is 12.8. The van der Waals surface area contributed by atoms with E-state index in [1.807, 2.05) is 12.1 Å². The zero-order valence-corrected chi connectivity index (χ0v) is 15.6. The number of carbonyl (C=O) groups is 1. The summed E-state index contributed by atoms with van der Waals surface area (Å²) in [5.74, 6) is 1.56. The Hall–Kier alpha value is -2.09. The highest BCUT2D eigenvalue weighted by Crippen LogP contribution is 2.60. The van der Waals surface area contributed by atoms with E-state index in [4.69, 9.17) is 0 Å². The molecule has 0 aliphatic heterocycles. The van der Waals surface area contributed by atoms with Crippen LogP contribution >= 0.6 is 0 Å². The lowest BCUT2D eigenvalue weighted by Gasteiger charge is -2.28. The zero-order valence-electron chi connectivity index (χ0n) is 15.6. The van der Waals surface area contributed by atoms with Crippen molar-refractivity contribution in [2.45, 2.75) is 56.9 Å². The van der Waals surface area contributed by atoms with Crippen LogP contribution in [0.3, 0.4) is 0 Å². The molecule has 2 aliphatic carbocycles. The second-order valence-electron chi connectivity index (χ2n) is 8.09. The van der Waals surface area contributed by atoms with E-state index in [1.165, 1.54) is 43.2 Å².